The van der Waals surface area contributed by atoms with Crippen LogP contribution < -0.4 is 9.47 Å². The van der Waals surface area contributed by atoms with Gasteiger partial charge in [-0.25, -0.2) is 4.79 Å². The Bertz CT molecular complexity index is 824. The number of halogens is 2. The van der Waals surface area contributed by atoms with Gasteiger partial charge in [0.05, 0.1) is 4.92 Å². The highest BCUT2D eigenvalue weighted by atomic mass is 19.3. The minimum absolute atomic E-state index is 0.111. The molecule has 0 radical (unpaired) electrons. The topological polar surface area (TPSA) is 105 Å². The minimum atomic E-state index is -2.98. The Morgan fingerprint density at radius 1 is 1.04 bits per heavy atom. The lowest BCUT2D eigenvalue weighted by atomic mass is 10.1. The number of para-hydroxylation sites is 2. The number of ether oxygens (including phenoxy) is 3. The Morgan fingerprint density at radius 3 is 2.33 bits per heavy atom. The van der Waals surface area contributed by atoms with Gasteiger partial charge in [0, 0.05) is 11.6 Å². The number of carbonyl (C=O) groups is 2. The molecule has 0 N–H and O–H groups in total. The third kappa shape index (κ3) is 6.03. The van der Waals surface area contributed by atoms with Gasteiger partial charge in [0.15, 0.2) is 24.7 Å². The first kappa shape index (κ1) is 19.8. The van der Waals surface area contributed by atoms with Crippen LogP contribution in [-0.4, -0.2) is 36.5 Å². The number of nitro groups is 1. The summed E-state index contributed by atoms with van der Waals surface area (Å²) in [5.74, 6) is -1.70. The number of rotatable bonds is 9. The molecular weight excluding hydrogens is 368 g/mol. The van der Waals surface area contributed by atoms with Gasteiger partial charge in [0.2, 0.25) is 0 Å². The molecule has 0 bridgehead atoms. The molecular formula is C17H13F2NO7. The van der Waals surface area contributed by atoms with Crippen LogP contribution in [0.1, 0.15) is 10.4 Å². The van der Waals surface area contributed by atoms with E-state index < -0.39 is 36.5 Å². The SMILES string of the molecule is O=C(COc1ccccc1[N+](=O)[O-])OCC(=O)c1ccc(OC(F)F)cc1. The van der Waals surface area contributed by atoms with Gasteiger partial charge in [-0.15, -0.1) is 0 Å². The van der Waals surface area contributed by atoms with Crippen molar-refractivity contribution in [3.05, 3.63) is 64.2 Å². The molecule has 0 amide bonds. The Hall–Kier alpha value is -3.56. The maximum absolute atomic E-state index is 12.1. The summed E-state index contributed by atoms with van der Waals surface area (Å²) in [4.78, 5) is 33.7. The molecule has 142 valence electrons. The van der Waals surface area contributed by atoms with Crippen LogP contribution in [0.4, 0.5) is 14.5 Å². The highest BCUT2D eigenvalue weighted by Gasteiger charge is 2.16. The third-order valence-electron chi connectivity index (χ3n) is 3.17. The van der Waals surface area contributed by atoms with Crippen molar-refractivity contribution in [2.75, 3.05) is 13.2 Å². The summed E-state index contributed by atoms with van der Waals surface area (Å²) >= 11 is 0. The van der Waals surface area contributed by atoms with Crippen LogP contribution in [0.25, 0.3) is 0 Å². The largest absolute Gasteiger partial charge is 0.475 e. The molecule has 0 unspecified atom stereocenters. The van der Waals surface area contributed by atoms with Crippen LogP contribution in [0.2, 0.25) is 0 Å². The maximum atomic E-state index is 12.1. The van der Waals surface area contributed by atoms with Crippen LogP contribution in [0.5, 0.6) is 11.5 Å². The molecule has 0 fully saturated rings. The number of Topliss-reactive ketones (excluding diaryl/α,β-unsaturated/α-hetero) is 1. The van der Waals surface area contributed by atoms with E-state index in [0.29, 0.717) is 0 Å². The highest BCUT2D eigenvalue weighted by Crippen LogP contribution is 2.25. The van der Waals surface area contributed by atoms with E-state index in [4.69, 9.17) is 9.47 Å². The predicted octanol–water partition coefficient (Wildman–Crippen LogP) is 3.00. The number of alkyl halides is 2. The summed E-state index contributed by atoms with van der Waals surface area (Å²) in [6, 6.07) is 10.3. The number of nitrogens with zero attached hydrogens (tertiary/aromatic N) is 1. The van der Waals surface area contributed by atoms with Crippen molar-refractivity contribution in [2.45, 2.75) is 6.61 Å². The molecule has 0 heterocycles. The normalized spacial score (nSPS) is 10.3. The zero-order valence-corrected chi connectivity index (χ0v) is 13.7. The minimum Gasteiger partial charge on any atom is -0.475 e. The smallest absolute Gasteiger partial charge is 0.387 e. The first-order chi connectivity index (χ1) is 12.9. The van der Waals surface area contributed by atoms with Crippen molar-refractivity contribution in [1.82, 2.24) is 0 Å². The zero-order chi connectivity index (χ0) is 19.8. The fourth-order valence-electron chi connectivity index (χ4n) is 1.96. The van der Waals surface area contributed by atoms with Gasteiger partial charge in [-0.2, -0.15) is 8.78 Å². The van der Waals surface area contributed by atoms with Crippen molar-refractivity contribution < 1.29 is 37.5 Å². The number of hydrogen-bond acceptors (Lipinski definition) is 7. The van der Waals surface area contributed by atoms with Crippen molar-refractivity contribution in [1.29, 1.82) is 0 Å². The average molecular weight is 381 g/mol. The average Bonchev–Trinajstić information content (AvgIpc) is 2.64. The van der Waals surface area contributed by atoms with E-state index in [2.05, 4.69) is 4.74 Å². The lowest BCUT2D eigenvalue weighted by Crippen LogP contribution is -2.19. The van der Waals surface area contributed by atoms with Gasteiger partial charge in [-0.3, -0.25) is 14.9 Å². The number of nitro benzene ring substituents is 1. The molecule has 0 aliphatic heterocycles. The third-order valence-corrected chi connectivity index (χ3v) is 3.17. The number of esters is 1. The summed E-state index contributed by atoms with van der Waals surface area (Å²) in [5, 5.41) is 10.8. The van der Waals surface area contributed by atoms with Crippen LogP contribution in [-0.2, 0) is 9.53 Å². The van der Waals surface area contributed by atoms with E-state index in [0.717, 1.165) is 0 Å². The Morgan fingerprint density at radius 2 is 1.70 bits per heavy atom. The zero-order valence-electron chi connectivity index (χ0n) is 13.7. The highest BCUT2D eigenvalue weighted by molar-refractivity contribution is 5.98. The second kappa shape index (κ2) is 9.22. The first-order valence-electron chi connectivity index (χ1n) is 7.46. The lowest BCUT2D eigenvalue weighted by molar-refractivity contribution is -0.385. The molecule has 2 aromatic rings. The Kier molecular flexibility index (Phi) is 6.75. The van der Waals surface area contributed by atoms with E-state index in [1.165, 1.54) is 48.5 Å². The number of benzene rings is 2. The summed E-state index contributed by atoms with van der Waals surface area (Å²) in [7, 11) is 0. The second-order valence-corrected chi connectivity index (χ2v) is 5.00. The van der Waals surface area contributed by atoms with E-state index >= 15 is 0 Å². The molecule has 2 rings (SSSR count). The van der Waals surface area contributed by atoms with Crippen molar-refractivity contribution in [3.63, 3.8) is 0 Å². The molecule has 10 heteroatoms. The summed E-state index contributed by atoms with van der Waals surface area (Å²) in [6.07, 6.45) is 0. The van der Waals surface area contributed by atoms with Crippen LogP contribution in [0.3, 0.4) is 0 Å². The summed E-state index contributed by atoms with van der Waals surface area (Å²) in [6.45, 7) is -4.21. The van der Waals surface area contributed by atoms with Crippen LogP contribution in [0, 0.1) is 10.1 Å². The fraction of sp³-hybridized carbons (Fsp3) is 0.176. The van der Waals surface area contributed by atoms with Gasteiger partial charge in [-0.1, -0.05) is 12.1 Å². The number of hydrogen-bond donors (Lipinski definition) is 0. The lowest BCUT2D eigenvalue weighted by Gasteiger charge is -2.08. The number of carbonyl (C=O) groups excluding carboxylic acids is 2. The second-order valence-electron chi connectivity index (χ2n) is 5.00. The molecule has 0 aliphatic carbocycles. The molecule has 0 spiro atoms. The van der Waals surface area contributed by atoms with Gasteiger partial charge in [0.1, 0.15) is 5.75 Å². The molecule has 8 nitrogen and oxygen atoms in total. The summed E-state index contributed by atoms with van der Waals surface area (Å²) < 4.78 is 38.0. The van der Waals surface area contributed by atoms with E-state index in [1.807, 2.05) is 0 Å². The van der Waals surface area contributed by atoms with E-state index in [-0.39, 0.29) is 22.7 Å². The first-order valence-corrected chi connectivity index (χ1v) is 7.46. The summed E-state index contributed by atoms with van der Waals surface area (Å²) in [5.41, 5.74) is -0.184. The molecule has 0 aromatic heterocycles. The molecule has 27 heavy (non-hydrogen) atoms. The maximum Gasteiger partial charge on any atom is 0.387 e. The van der Waals surface area contributed by atoms with Gasteiger partial charge >= 0.3 is 18.3 Å². The predicted molar refractivity (Wildman–Crippen MR) is 87.0 cm³/mol. The number of ketones is 1. The molecule has 0 aliphatic rings. The van der Waals surface area contributed by atoms with Crippen molar-refractivity contribution in [3.8, 4) is 11.5 Å². The van der Waals surface area contributed by atoms with Gasteiger partial charge < -0.3 is 14.2 Å². The van der Waals surface area contributed by atoms with E-state index in [1.54, 1.807) is 0 Å². The van der Waals surface area contributed by atoms with Crippen LogP contribution in [0.15, 0.2) is 48.5 Å². The fourth-order valence-corrected chi connectivity index (χ4v) is 1.96. The monoisotopic (exact) mass is 381 g/mol. The van der Waals surface area contributed by atoms with E-state index in [9.17, 15) is 28.5 Å². The van der Waals surface area contributed by atoms with Crippen molar-refractivity contribution in [2.24, 2.45) is 0 Å². The Labute approximate surface area is 151 Å². The standard InChI is InChI=1S/C17H13F2NO7/c18-17(19)27-12-7-5-11(6-8-12)14(21)9-26-16(22)10-25-15-4-2-1-3-13(15)20(23)24/h1-8,17H,9-10H2. The molecule has 0 saturated carbocycles. The van der Waals surface area contributed by atoms with Crippen LogP contribution >= 0.6 is 0 Å². The van der Waals surface area contributed by atoms with Crippen molar-refractivity contribution >= 4 is 17.4 Å². The van der Waals surface area contributed by atoms with Gasteiger partial charge in [0.25, 0.3) is 0 Å². The molecule has 0 saturated heterocycles. The van der Waals surface area contributed by atoms with Gasteiger partial charge in [-0.05, 0) is 30.3 Å². The Balaban J connectivity index is 1.83. The molecule has 0 atom stereocenters. The quantitative estimate of drug-likeness (QED) is 0.285. The molecule has 2 aromatic carbocycles.